The van der Waals surface area contributed by atoms with Gasteiger partial charge in [-0.1, -0.05) is 60.7 Å². The van der Waals surface area contributed by atoms with Gasteiger partial charge in [-0.3, -0.25) is 0 Å². The van der Waals surface area contributed by atoms with Gasteiger partial charge >= 0.3 is 0 Å². The molecule has 0 radical (unpaired) electrons. The standard InChI is InChI=1S/C22H24O4S2/c1-17(2)21-14-15-22(16-18(21)3,27(23,24)19-10-6-4-7-11-19)28(25,26)20-12-8-5-9-13-20/h4-13,21H,1,3,14-16H2,2H3. The molecule has 4 nitrogen and oxygen atoms in total. The average Bonchev–Trinajstić information content (AvgIpc) is 2.68. The van der Waals surface area contributed by atoms with E-state index in [1.54, 1.807) is 36.4 Å². The summed E-state index contributed by atoms with van der Waals surface area (Å²) in [5, 5.41) is 0. The molecule has 1 fully saturated rings. The topological polar surface area (TPSA) is 68.3 Å². The van der Waals surface area contributed by atoms with E-state index in [-0.39, 0.29) is 28.6 Å². The Hall–Kier alpha value is -2.18. The number of hydrogen-bond acceptors (Lipinski definition) is 4. The molecule has 1 unspecified atom stereocenters. The summed E-state index contributed by atoms with van der Waals surface area (Å²) < 4.78 is 52.9. The monoisotopic (exact) mass is 416 g/mol. The molecule has 0 spiro atoms. The van der Waals surface area contributed by atoms with Crippen LogP contribution in [0.15, 0.2) is 94.8 Å². The first-order valence-electron chi connectivity index (χ1n) is 9.06. The lowest BCUT2D eigenvalue weighted by Gasteiger charge is -2.40. The fourth-order valence-electron chi connectivity index (χ4n) is 3.95. The Kier molecular flexibility index (Phi) is 5.38. The molecule has 28 heavy (non-hydrogen) atoms. The van der Waals surface area contributed by atoms with Crippen molar-refractivity contribution >= 4 is 19.7 Å². The van der Waals surface area contributed by atoms with Crippen molar-refractivity contribution in [2.75, 3.05) is 0 Å². The molecule has 0 bridgehead atoms. The third-order valence-electron chi connectivity index (χ3n) is 5.48. The minimum Gasteiger partial charge on any atom is -0.222 e. The van der Waals surface area contributed by atoms with Gasteiger partial charge < -0.3 is 0 Å². The molecule has 0 heterocycles. The molecular formula is C22H24O4S2. The third-order valence-corrected chi connectivity index (χ3v) is 11.2. The molecule has 0 saturated heterocycles. The summed E-state index contributed by atoms with van der Waals surface area (Å²) in [6.45, 7) is 9.86. The van der Waals surface area contributed by atoms with Crippen LogP contribution in [0.25, 0.3) is 0 Å². The van der Waals surface area contributed by atoms with Crippen molar-refractivity contribution in [2.45, 2.75) is 40.1 Å². The van der Waals surface area contributed by atoms with Crippen LogP contribution < -0.4 is 0 Å². The summed E-state index contributed by atoms with van der Waals surface area (Å²) in [5.74, 6) is -0.0786. The highest BCUT2D eigenvalue weighted by Crippen LogP contribution is 2.49. The summed E-state index contributed by atoms with van der Waals surface area (Å²) in [6.07, 6.45) is 0.239. The Morgan fingerprint density at radius 1 is 0.893 bits per heavy atom. The Morgan fingerprint density at radius 2 is 1.32 bits per heavy atom. The van der Waals surface area contributed by atoms with Crippen LogP contribution >= 0.6 is 0 Å². The molecule has 2 aromatic rings. The maximum absolute atomic E-state index is 13.7. The highest BCUT2D eigenvalue weighted by Gasteiger charge is 2.58. The van der Waals surface area contributed by atoms with Crippen LogP contribution in [0.5, 0.6) is 0 Å². The van der Waals surface area contributed by atoms with E-state index in [1.165, 1.54) is 24.3 Å². The fraction of sp³-hybridized carbons (Fsp3) is 0.273. The smallest absolute Gasteiger partial charge is 0.199 e. The van der Waals surface area contributed by atoms with Crippen LogP contribution in [0.1, 0.15) is 26.2 Å². The van der Waals surface area contributed by atoms with Crippen LogP contribution in [-0.4, -0.2) is 20.9 Å². The zero-order valence-electron chi connectivity index (χ0n) is 15.8. The molecule has 0 N–H and O–H groups in total. The molecule has 0 aliphatic heterocycles. The maximum Gasteiger partial charge on any atom is 0.199 e. The van der Waals surface area contributed by atoms with Crippen molar-refractivity contribution in [3.05, 3.63) is 85.0 Å². The first kappa shape index (κ1) is 20.6. The van der Waals surface area contributed by atoms with Gasteiger partial charge in [-0.2, -0.15) is 0 Å². The SMILES string of the molecule is C=C(C)C1CCC(S(=O)(=O)c2ccccc2)(S(=O)(=O)c2ccccc2)CC1=C. The number of hydrogen-bond donors (Lipinski definition) is 0. The normalized spacial score (nSPS) is 19.9. The van der Waals surface area contributed by atoms with Crippen molar-refractivity contribution in [3.8, 4) is 0 Å². The Bertz CT molecular complexity index is 1030. The molecular weight excluding hydrogens is 392 g/mol. The fourth-order valence-corrected chi connectivity index (χ4v) is 9.10. The second-order valence-corrected chi connectivity index (χ2v) is 12.1. The van der Waals surface area contributed by atoms with E-state index in [0.717, 1.165) is 5.57 Å². The van der Waals surface area contributed by atoms with Gasteiger partial charge in [0.25, 0.3) is 0 Å². The van der Waals surface area contributed by atoms with Crippen LogP contribution in [0.2, 0.25) is 0 Å². The van der Waals surface area contributed by atoms with Crippen LogP contribution in [0.4, 0.5) is 0 Å². The number of sulfone groups is 2. The molecule has 3 rings (SSSR count). The highest BCUT2D eigenvalue weighted by molar-refractivity contribution is 8.10. The van der Waals surface area contributed by atoms with E-state index in [1.807, 2.05) is 6.92 Å². The Balaban J connectivity index is 2.25. The van der Waals surface area contributed by atoms with E-state index >= 15 is 0 Å². The van der Waals surface area contributed by atoms with Gasteiger partial charge in [0.15, 0.2) is 23.8 Å². The predicted octanol–water partition coefficient (Wildman–Crippen LogP) is 4.56. The molecule has 148 valence electrons. The van der Waals surface area contributed by atoms with Gasteiger partial charge in [-0.25, -0.2) is 16.8 Å². The van der Waals surface area contributed by atoms with Crippen molar-refractivity contribution in [3.63, 3.8) is 0 Å². The minimum atomic E-state index is -4.19. The molecule has 1 aliphatic carbocycles. The van der Waals surface area contributed by atoms with Crippen molar-refractivity contribution in [2.24, 2.45) is 5.92 Å². The summed E-state index contributed by atoms with van der Waals surface area (Å²) >= 11 is 0. The first-order valence-corrected chi connectivity index (χ1v) is 12.0. The van der Waals surface area contributed by atoms with Gasteiger partial charge in [0, 0.05) is 12.3 Å². The Labute approximate surface area is 167 Å². The molecule has 1 aliphatic rings. The molecule has 0 amide bonds. The van der Waals surface area contributed by atoms with E-state index in [9.17, 15) is 16.8 Å². The molecule has 1 atom stereocenters. The second kappa shape index (κ2) is 7.33. The lowest BCUT2D eigenvalue weighted by atomic mass is 9.81. The molecule has 6 heteroatoms. The number of benzene rings is 2. The molecule has 0 aromatic heterocycles. The lowest BCUT2D eigenvalue weighted by Crippen LogP contribution is -2.49. The van der Waals surface area contributed by atoms with Crippen molar-refractivity contribution in [1.29, 1.82) is 0 Å². The van der Waals surface area contributed by atoms with Gasteiger partial charge in [-0.15, -0.1) is 0 Å². The quantitative estimate of drug-likeness (QED) is 0.670. The predicted molar refractivity (Wildman–Crippen MR) is 111 cm³/mol. The van der Waals surface area contributed by atoms with Crippen molar-refractivity contribution in [1.82, 2.24) is 0 Å². The zero-order chi connectivity index (χ0) is 20.6. The summed E-state index contributed by atoms with van der Waals surface area (Å²) in [4.78, 5) is 0.0205. The first-order chi connectivity index (χ1) is 13.1. The summed E-state index contributed by atoms with van der Waals surface area (Å²) in [7, 11) is -8.38. The van der Waals surface area contributed by atoms with Gasteiger partial charge in [0.05, 0.1) is 9.79 Å². The van der Waals surface area contributed by atoms with Crippen LogP contribution in [0, 0.1) is 5.92 Å². The largest absolute Gasteiger partial charge is 0.222 e. The van der Waals surface area contributed by atoms with Gasteiger partial charge in [-0.05, 0) is 44.0 Å². The third kappa shape index (κ3) is 3.14. The maximum atomic E-state index is 13.7. The minimum absolute atomic E-state index is 0.00198. The van der Waals surface area contributed by atoms with E-state index in [2.05, 4.69) is 13.2 Å². The van der Waals surface area contributed by atoms with Crippen molar-refractivity contribution < 1.29 is 16.8 Å². The summed E-state index contributed by atoms with van der Waals surface area (Å²) in [6, 6.07) is 15.6. The second-order valence-electron chi connectivity index (χ2n) is 7.32. The van der Waals surface area contributed by atoms with E-state index in [4.69, 9.17) is 0 Å². The molecule has 1 saturated carbocycles. The molecule has 2 aromatic carbocycles. The van der Waals surface area contributed by atoms with Crippen LogP contribution in [-0.2, 0) is 19.7 Å². The Morgan fingerprint density at radius 3 is 1.68 bits per heavy atom. The number of rotatable bonds is 5. The van der Waals surface area contributed by atoms with Crippen LogP contribution in [0.3, 0.4) is 0 Å². The average molecular weight is 417 g/mol. The van der Waals surface area contributed by atoms with Gasteiger partial charge in [0.2, 0.25) is 0 Å². The van der Waals surface area contributed by atoms with E-state index in [0.29, 0.717) is 12.0 Å². The van der Waals surface area contributed by atoms with Gasteiger partial charge in [0.1, 0.15) is 0 Å². The lowest BCUT2D eigenvalue weighted by molar-refractivity contribution is 0.442. The zero-order valence-corrected chi connectivity index (χ0v) is 17.5. The van der Waals surface area contributed by atoms with E-state index < -0.39 is 23.8 Å². The highest BCUT2D eigenvalue weighted by atomic mass is 32.3. The summed E-state index contributed by atoms with van der Waals surface area (Å²) in [5.41, 5.74) is 1.46. The number of allylic oxidation sites excluding steroid dienone is 2.